The molecule has 1 heterocycles. The smallest absolute Gasteiger partial charge is 0.390 e. The normalized spacial score (nSPS) is 15.6. The number of aliphatic hydroxyl groups excluding tert-OH is 1. The number of anilines is 1. The average molecular weight is 689 g/mol. The summed E-state index contributed by atoms with van der Waals surface area (Å²) in [6, 6.07) is 17.6. The number of hydrogen-bond acceptors (Lipinski definition) is 6. The predicted molar refractivity (Wildman–Crippen MR) is 179 cm³/mol. The molecule has 0 radical (unpaired) electrons. The van der Waals surface area contributed by atoms with E-state index in [0.29, 0.717) is 25.1 Å². The highest BCUT2D eigenvalue weighted by atomic mass is 32.2. The number of halogens is 3. The average Bonchev–Trinajstić information content (AvgIpc) is 3.42. The largest absolute Gasteiger partial charge is 0.416 e. The topological polar surface area (TPSA) is 119 Å². The number of nitrogens with zero attached hydrogens (tertiary/aromatic N) is 2. The van der Waals surface area contributed by atoms with Gasteiger partial charge in [0.1, 0.15) is 0 Å². The van der Waals surface area contributed by atoms with Crippen molar-refractivity contribution in [3.8, 4) is 0 Å². The van der Waals surface area contributed by atoms with Crippen LogP contribution in [0.4, 0.5) is 18.9 Å². The SMILES string of the molecule is CCCN(CCC)C(=O)c1cc(C(=O)N[C@@H](Cc2ccccc2)[C@H](O)CNCc2cccc(C(F)(F)F)c2)cc(N2CCCS2(=O)=O)c1. The standard InChI is InChI=1S/C35H43F3N4O5S/c1-3-14-41(15-4-2)34(45)28-20-27(21-30(22-28)42-16-9-17-48(42,46)47)33(44)40-31(19-25-10-6-5-7-11-25)32(43)24-39-23-26-12-8-13-29(18-26)35(36,37)38/h5-8,10-13,18,20-22,31-32,39,43H,3-4,9,14-17,19,23-24H2,1-2H3,(H,40,44)/t31-,32+/m0/s1. The zero-order chi connectivity index (χ0) is 34.9. The number of hydrogen-bond donors (Lipinski definition) is 3. The molecule has 3 N–H and O–H groups in total. The number of amides is 2. The molecule has 1 saturated heterocycles. The van der Waals surface area contributed by atoms with Gasteiger partial charge < -0.3 is 20.6 Å². The summed E-state index contributed by atoms with van der Waals surface area (Å²) in [4.78, 5) is 29.2. The van der Waals surface area contributed by atoms with Crippen LogP contribution in [0.3, 0.4) is 0 Å². The van der Waals surface area contributed by atoms with Crippen molar-refractivity contribution in [1.82, 2.24) is 15.5 Å². The monoisotopic (exact) mass is 688 g/mol. The third kappa shape index (κ3) is 9.80. The van der Waals surface area contributed by atoms with E-state index in [1.54, 1.807) is 11.0 Å². The maximum absolute atomic E-state index is 13.9. The predicted octanol–water partition coefficient (Wildman–Crippen LogP) is 5.00. The summed E-state index contributed by atoms with van der Waals surface area (Å²) in [5, 5.41) is 17.1. The zero-order valence-corrected chi connectivity index (χ0v) is 28.0. The first-order valence-electron chi connectivity index (χ1n) is 16.2. The van der Waals surface area contributed by atoms with Gasteiger partial charge in [-0.05, 0) is 61.1 Å². The number of sulfonamides is 1. The number of aliphatic hydroxyl groups is 1. The van der Waals surface area contributed by atoms with Crippen molar-refractivity contribution in [2.75, 3.05) is 36.2 Å². The molecule has 4 rings (SSSR count). The fourth-order valence-corrected chi connectivity index (χ4v) is 7.29. The van der Waals surface area contributed by atoms with Gasteiger partial charge in [-0.15, -0.1) is 0 Å². The highest BCUT2D eigenvalue weighted by molar-refractivity contribution is 7.93. The molecule has 0 aliphatic carbocycles. The molecule has 2 amide bonds. The van der Waals surface area contributed by atoms with Gasteiger partial charge in [0.05, 0.1) is 29.1 Å². The van der Waals surface area contributed by atoms with E-state index >= 15 is 0 Å². The van der Waals surface area contributed by atoms with Crippen molar-refractivity contribution >= 4 is 27.5 Å². The van der Waals surface area contributed by atoms with E-state index in [4.69, 9.17) is 0 Å². The third-order valence-electron chi connectivity index (χ3n) is 8.10. The second-order valence-electron chi connectivity index (χ2n) is 12.0. The van der Waals surface area contributed by atoms with Crippen molar-refractivity contribution in [2.24, 2.45) is 0 Å². The summed E-state index contributed by atoms with van der Waals surface area (Å²) < 4.78 is 66.4. The number of rotatable bonds is 15. The minimum atomic E-state index is -4.48. The van der Waals surface area contributed by atoms with E-state index in [2.05, 4.69) is 10.6 Å². The Morgan fingerprint density at radius 3 is 2.23 bits per heavy atom. The molecule has 1 aliphatic heterocycles. The molecule has 1 aliphatic rings. The van der Waals surface area contributed by atoms with Crippen molar-refractivity contribution in [2.45, 2.75) is 64.4 Å². The van der Waals surface area contributed by atoms with E-state index in [-0.39, 0.29) is 54.5 Å². The molecule has 260 valence electrons. The van der Waals surface area contributed by atoms with Crippen LogP contribution in [0.1, 0.15) is 70.5 Å². The van der Waals surface area contributed by atoms with Gasteiger partial charge in [0.25, 0.3) is 11.8 Å². The van der Waals surface area contributed by atoms with Crippen LogP contribution >= 0.6 is 0 Å². The van der Waals surface area contributed by atoms with E-state index < -0.39 is 39.8 Å². The van der Waals surface area contributed by atoms with Crippen molar-refractivity contribution in [1.29, 1.82) is 0 Å². The summed E-state index contributed by atoms with van der Waals surface area (Å²) >= 11 is 0. The van der Waals surface area contributed by atoms with Gasteiger partial charge in [0.15, 0.2) is 0 Å². The van der Waals surface area contributed by atoms with Gasteiger partial charge in [0, 0.05) is 43.9 Å². The molecule has 9 nitrogen and oxygen atoms in total. The molecule has 1 fully saturated rings. The fourth-order valence-electron chi connectivity index (χ4n) is 5.74. The first-order valence-corrected chi connectivity index (χ1v) is 17.8. The van der Waals surface area contributed by atoms with Gasteiger partial charge in [-0.25, -0.2) is 8.42 Å². The third-order valence-corrected chi connectivity index (χ3v) is 9.97. The van der Waals surface area contributed by atoms with Crippen LogP contribution in [0.5, 0.6) is 0 Å². The summed E-state index contributed by atoms with van der Waals surface area (Å²) in [5.74, 6) is -0.965. The Kier molecular flexibility index (Phi) is 12.6. The molecule has 0 saturated carbocycles. The van der Waals surface area contributed by atoms with Crippen LogP contribution in [-0.2, 0) is 29.2 Å². The van der Waals surface area contributed by atoms with Crippen LogP contribution in [-0.4, -0.2) is 74.3 Å². The van der Waals surface area contributed by atoms with Crippen LogP contribution in [0, 0.1) is 0 Å². The second kappa shape index (κ2) is 16.4. The number of carbonyl (C=O) groups is 2. The van der Waals surface area contributed by atoms with Crippen molar-refractivity contribution in [3.63, 3.8) is 0 Å². The highest BCUT2D eigenvalue weighted by Gasteiger charge is 2.32. The van der Waals surface area contributed by atoms with Crippen LogP contribution in [0.25, 0.3) is 0 Å². The Labute approximate surface area is 280 Å². The van der Waals surface area contributed by atoms with E-state index in [0.717, 1.165) is 30.5 Å². The Hall–Kier alpha value is -3.94. The lowest BCUT2D eigenvalue weighted by molar-refractivity contribution is -0.137. The van der Waals surface area contributed by atoms with Crippen LogP contribution in [0.15, 0.2) is 72.8 Å². The van der Waals surface area contributed by atoms with E-state index in [1.807, 2.05) is 44.2 Å². The molecule has 3 aromatic rings. The Morgan fingerprint density at radius 2 is 1.60 bits per heavy atom. The summed E-state index contributed by atoms with van der Waals surface area (Å²) in [5.41, 5.74) is 0.900. The number of alkyl halides is 3. The molecular weight excluding hydrogens is 645 g/mol. The Morgan fingerprint density at radius 1 is 0.938 bits per heavy atom. The lowest BCUT2D eigenvalue weighted by Gasteiger charge is -2.26. The van der Waals surface area contributed by atoms with Gasteiger partial charge in [0.2, 0.25) is 10.0 Å². The van der Waals surface area contributed by atoms with Gasteiger partial charge in [-0.3, -0.25) is 13.9 Å². The lowest BCUT2D eigenvalue weighted by Crippen LogP contribution is -2.48. The van der Waals surface area contributed by atoms with Crippen molar-refractivity contribution in [3.05, 3.63) is 101 Å². The minimum absolute atomic E-state index is 0.0384. The minimum Gasteiger partial charge on any atom is -0.390 e. The number of benzene rings is 3. The molecule has 0 unspecified atom stereocenters. The summed E-state index contributed by atoms with van der Waals surface area (Å²) in [6.07, 6.45) is -3.55. The first-order chi connectivity index (χ1) is 22.8. The molecule has 0 spiro atoms. The van der Waals surface area contributed by atoms with Crippen LogP contribution < -0.4 is 14.9 Å². The first kappa shape index (κ1) is 36.9. The van der Waals surface area contributed by atoms with Gasteiger partial charge in [-0.2, -0.15) is 13.2 Å². The quantitative estimate of drug-likeness (QED) is 0.207. The Bertz CT molecular complexity index is 1650. The maximum Gasteiger partial charge on any atom is 0.416 e. The van der Waals surface area contributed by atoms with E-state index in [1.165, 1.54) is 28.6 Å². The second-order valence-corrected chi connectivity index (χ2v) is 14.0. The number of carbonyl (C=O) groups excluding carboxylic acids is 2. The van der Waals surface area contributed by atoms with Gasteiger partial charge in [-0.1, -0.05) is 62.4 Å². The molecule has 3 aromatic carbocycles. The fraction of sp³-hybridized carbons (Fsp3) is 0.429. The molecule has 0 aromatic heterocycles. The zero-order valence-electron chi connectivity index (χ0n) is 27.2. The van der Waals surface area contributed by atoms with Crippen molar-refractivity contribution < 1.29 is 36.3 Å². The maximum atomic E-state index is 13.9. The lowest BCUT2D eigenvalue weighted by atomic mass is 9.99. The molecule has 2 atom stereocenters. The molecule has 48 heavy (non-hydrogen) atoms. The number of nitrogens with one attached hydrogen (secondary N) is 2. The Balaban J connectivity index is 1.60. The molecule has 13 heteroatoms. The molecule has 0 bridgehead atoms. The molecular formula is C35H43F3N4O5S. The highest BCUT2D eigenvalue weighted by Crippen LogP contribution is 2.30. The van der Waals surface area contributed by atoms with E-state index in [9.17, 15) is 36.3 Å². The summed E-state index contributed by atoms with van der Waals surface area (Å²) in [6.45, 7) is 5.13. The van der Waals surface area contributed by atoms with Crippen LogP contribution in [0.2, 0.25) is 0 Å². The van der Waals surface area contributed by atoms with Gasteiger partial charge >= 0.3 is 6.18 Å². The summed E-state index contributed by atoms with van der Waals surface area (Å²) in [7, 11) is -3.62.